The number of thiophene rings is 1. The van der Waals surface area contributed by atoms with Crippen LogP contribution in [0.3, 0.4) is 0 Å². The summed E-state index contributed by atoms with van der Waals surface area (Å²) < 4.78 is 0. The van der Waals surface area contributed by atoms with Gasteiger partial charge in [0.05, 0.1) is 18.8 Å². The molecule has 0 aliphatic carbocycles. The van der Waals surface area contributed by atoms with Crippen LogP contribution in [0.15, 0.2) is 6.07 Å². The summed E-state index contributed by atoms with van der Waals surface area (Å²) in [5.41, 5.74) is 18.2. The van der Waals surface area contributed by atoms with Gasteiger partial charge in [-0.15, -0.1) is 11.3 Å². The first-order chi connectivity index (χ1) is 14.8. The number of hydrogen-bond acceptors (Lipinski definition) is 8. The van der Waals surface area contributed by atoms with Crippen molar-refractivity contribution < 1.29 is 14.4 Å². The zero-order valence-electron chi connectivity index (χ0n) is 17.6. The van der Waals surface area contributed by atoms with E-state index in [1.54, 1.807) is 0 Å². The van der Waals surface area contributed by atoms with E-state index in [-0.39, 0.29) is 25.0 Å². The largest absolute Gasteiger partial charge is 0.397 e. The molecule has 0 aromatic carbocycles. The molecule has 3 amide bonds. The lowest BCUT2D eigenvalue weighted by Gasteiger charge is -2.33. The maximum absolute atomic E-state index is 11.7. The highest BCUT2D eigenvalue weighted by molar-refractivity contribution is 7.21. The normalized spacial score (nSPS) is 14.7. The first-order valence-corrected chi connectivity index (χ1v) is 11.2. The lowest BCUT2D eigenvalue weighted by molar-refractivity contribution is -0.124. The molecule has 1 aliphatic rings. The molecular weight excluding hydrogens is 418 g/mol. The topological polar surface area (TPSA) is 169 Å². The lowest BCUT2D eigenvalue weighted by Crippen LogP contribution is -2.46. The van der Waals surface area contributed by atoms with Crippen LogP contribution in [-0.4, -0.2) is 54.9 Å². The Morgan fingerprint density at radius 3 is 2.55 bits per heavy atom. The molecule has 31 heavy (non-hydrogen) atoms. The molecule has 1 fully saturated rings. The van der Waals surface area contributed by atoms with Crippen LogP contribution in [0, 0.1) is 0 Å². The Kier molecular flexibility index (Phi) is 7.29. The molecule has 3 heterocycles. The van der Waals surface area contributed by atoms with E-state index < -0.39 is 11.8 Å². The van der Waals surface area contributed by atoms with Gasteiger partial charge < -0.3 is 32.7 Å². The van der Waals surface area contributed by atoms with E-state index in [1.807, 2.05) is 0 Å². The van der Waals surface area contributed by atoms with Crippen LogP contribution >= 0.6 is 11.3 Å². The van der Waals surface area contributed by atoms with Crippen molar-refractivity contribution in [3.63, 3.8) is 0 Å². The highest BCUT2D eigenvalue weighted by atomic mass is 32.1. The molecule has 10 nitrogen and oxygen atoms in total. The molecule has 0 spiro atoms. The molecule has 1 saturated heterocycles. The monoisotopic (exact) mass is 447 g/mol. The van der Waals surface area contributed by atoms with Crippen molar-refractivity contribution in [1.29, 1.82) is 0 Å². The third kappa shape index (κ3) is 5.42. The van der Waals surface area contributed by atoms with E-state index in [0.29, 0.717) is 10.6 Å². The van der Waals surface area contributed by atoms with Gasteiger partial charge in [-0.1, -0.05) is 13.3 Å². The second kappa shape index (κ2) is 9.92. The molecule has 2 aromatic rings. The predicted octanol–water partition coefficient (Wildman–Crippen LogP) is 0.0898. The minimum absolute atomic E-state index is 0.146. The fraction of sp³-hybridized carbons (Fsp3) is 0.500. The molecule has 3 rings (SSSR count). The number of fused-ring (bicyclic) bond motifs is 1. The third-order valence-electron chi connectivity index (χ3n) is 5.34. The minimum atomic E-state index is -0.566. The number of rotatable bonds is 9. The summed E-state index contributed by atoms with van der Waals surface area (Å²) in [6.45, 7) is 3.66. The maximum atomic E-state index is 11.7. The van der Waals surface area contributed by atoms with Crippen molar-refractivity contribution in [2.75, 3.05) is 36.8 Å². The van der Waals surface area contributed by atoms with Gasteiger partial charge in [-0.3, -0.25) is 14.4 Å². The number of carbonyl (C=O) groups is 3. The maximum Gasteiger partial charge on any atom is 0.260 e. The molecule has 1 aliphatic heterocycles. The van der Waals surface area contributed by atoms with Crippen molar-refractivity contribution in [3.8, 4) is 0 Å². The van der Waals surface area contributed by atoms with E-state index in [9.17, 15) is 14.4 Å². The predicted molar refractivity (Wildman–Crippen MR) is 122 cm³/mol. The number of nitrogens with zero attached hydrogens (tertiary/aromatic N) is 2. The number of pyridine rings is 1. The fourth-order valence-corrected chi connectivity index (χ4v) is 4.78. The number of anilines is 2. The summed E-state index contributed by atoms with van der Waals surface area (Å²) in [7, 11) is 0. The zero-order valence-corrected chi connectivity index (χ0v) is 18.4. The molecule has 0 bridgehead atoms. The molecule has 0 saturated carbocycles. The quantitative estimate of drug-likeness (QED) is 0.363. The number of carbonyl (C=O) groups excluding carboxylic acids is 3. The Morgan fingerprint density at radius 2 is 1.94 bits per heavy atom. The third-order valence-corrected chi connectivity index (χ3v) is 6.45. The number of nitrogen functional groups attached to an aromatic ring is 1. The lowest BCUT2D eigenvalue weighted by atomic mass is 10.0. The van der Waals surface area contributed by atoms with E-state index in [2.05, 4.69) is 28.5 Å². The van der Waals surface area contributed by atoms with Crippen LogP contribution in [0.2, 0.25) is 0 Å². The highest BCUT2D eigenvalue weighted by Gasteiger charge is 2.23. The second-order valence-corrected chi connectivity index (χ2v) is 8.66. The van der Waals surface area contributed by atoms with Crippen LogP contribution in [0.25, 0.3) is 10.2 Å². The van der Waals surface area contributed by atoms with Gasteiger partial charge in [-0.05, 0) is 30.9 Å². The zero-order chi connectivity index (χ0) is 22.5. The minimum Gasteiger partial charge on any atom is -0.397 e. The van der Waals surface area contributed by atoms with E-state index in [0.717, 1.165) is 60.4 Å². The van der Waals surface area contributed by atoms with Crippen LogP contribution in [0.4, 0.5) is 11.5 Å². The number of nitrogens with one attached hydrogen (secondary N) is 2. The number of primary amides is 2. The van der Waals surface area contributed by atoms with Gasteiger partial charge in [0.2, 0.25) is 11.8 Å². The number of amides is 3. The fourth-order valence-electron chi connectivity index (χ4n) is 3.79. The number of aromatic nitrogens is 1. The van der Waals surface area contributed by atoms with Crippen LogP contribution < -0.4 is 32.7 Å². The van der Waals surface area contributed by atoms with Crippen molar-refractivity contribution >= 4 is 50.8 Å². The van der Waals surface area contributed by atoms with Crippen molar-refractivity contribution in [2.24, 2.45) is 11.5 Å². The molecule has 0 atom stereocenters. The number of aryl methyl sites for hydroxylation is 1. The first-order valence-electron chi connectivity index (χ1n) is 10.3. The summed E-state index contributed by atoms with van der Waals surface area (Å²) >= 11 is 1.24. The first kappa shape index (κ1) is 22.8. The summed E-state index contributed by atoms with van der Waals surface area (Å²) in [5, 5.41) is 6.53. The molecule has 8 N–H and O–H groups in total. The smallest absolute Gasteiger partial charge is 0.260 e. The highest BCUT2D eigenvalue weighted by Crippen LogP contribution is 2.37. The molecular formula is C20H29N7O3S. The van der Waals surface area contributed by atoms with Crippen molar-refractivity contribution in [2.45, 2.75) is 38.6 Å². The Labute approximate surface area is 184 Å². The average Bonchev–Trinajstić information content (AvgIpc) is 3.08. The Morgan fingerprint density at radius 1 is 1.23 bits per heavy atom. The number of piperidine rings is 1. The molecule has 11 heteroatoms. The van der Waals surface area contributed by atoms with Crippen LogP contribution in [-0.2, 0) is 16.0 Å². The second-order valence-electron chi connectivity index (χ2n) is 7.66. The summed E-state index contributed by atoms with van der Waals surface area (Å²) in [6, 6.07) is 2.26. The van der Waals surface area contributed by atoms with Gasteiger partial charge in [-0.2, -0.15) is 0 Å². The van der Waals surface area contributed by atoms with Crippen LogP contribution in [0.1, 0.15) is 41.4 Å². The van der Waals surface area contributed by atoms with Crippen molar-refractivity contribution in [3.05, 3.63) is 16.5 Å². The standard InChI is InChI=1S/C20H29N7O3S/c1-2-3-11-8-14(26-20-16(11)17(22)18(31-20)19(23)30)27-6-4-12(5-7-27)24-10-15(29)25-9-13(21)28/h8,12,24H,2-7,9-10,22H2,1H3,(H2,21,28)(H2,23,30)(H,25,29). The van der Waals surface area contributed by atoms with E-state index in [4.69, 9.17) is 22.2 Å². The SMILES string of the molecule is CCCc1cc(N2CCC(NCC(=O)NCC(N)=O)CC2)nc2sc(C(N)=O)c(N)c12. The van der Waals surface area contributed by atoms with Crippen molar-refractivity contribution in [1.82, 2.24) is 15.6 Å². The number of nitrogens with two attached hydrogens (primary N) is 3. The molecule has 0 unspecified atom stereocenters. The van der Waals surface area contributed by atoms with E-state index in [1.165, 1.54) is 11.3 Å². The Balaban J connectivity index is 1.67. The van der Waals surface area contributed by atoms with Gasteiger partial charge >= 0.3 is 0 Å². The summed E-state index contributed by atoms with van der Waals surface area (Å²) in [4.78, 5) is 42.3. The Bertz CT molecular complexity index is 983. The number of hydrogen-bond donors (Lipinski definition) is 5. The van der Waals surface area contributed by atoms with Gasteiger partial charge in [0.15, 0.2) is 0 Å². The van der Waals surface area contributed by atoms with Crippen LogP contribution in [0.5, 0.6) is 0 Å². The summed E-state index contributed by atoms with van der Waals surface area (Å²) in [6.07, 6.45) is 3.49. The molecule has 2 aromatic heterocycles. The van der Waals surface area contributed by atoms with Gasteiger partial charge in [0.25, 0.3) is 5.91 Å². The molecule has 0 radical (unpaired) electrons. The Hall–Kier alpha value is -2.92. The van der Waals surface area contributed by atoms with Gasteiger partial charge in [0, 0.05) is 24.5 Å². The average molecular weight is 448 g/mol. The van der Waals surface area contributed by atoms with Gasteiger partial charge in [-0.25, -0.2) is 4.98 Å². The summed E-state index contributed by atoms with van der Waals surface area (Å²) in [5.74, 6) is -0.482. The molecule has 168 valence electrons. The van der Waals surface area contributed by atoms with Gasteiger partial charge in [0.1, 0.15) is 15.5 Å². The van der Waals surface area contributed by atoms with E-state index >= 15 is 0 Å².